The normalized spacial score (nSPS) is 17.1. The Balaban J connectivity index is 1.74. The largest absolute Gasteiger partial charge is 0.399 e. The monoisotopic (exact) mass is 260 g/mol. The Morgan fingerprint density at radius 1 is 1.21 bits per heavy atom. The number of anilines is 1. The first-order valence-electron chi connectivity index (χ1n) is 7.38. The number of ketones is 1. The van der Waals surface area contributed by atoms with Gasteiger partial charge >= 0.3 is 0 Å². The number of Topliss-reactive ketones (excluding diaryl/α,β-unsaturated/α-hetero) is 1. The van der Waals surface area contributed by atoms with Gasteiger partial charge in [-0.15, -0.1) is 0 Å². The van der Waals surface area contributed by atoms with E-state index in [0.717, 1.165) is 12.1 Å². The van der Waals surface area contributed by atoms with Crippen LogP contribution in [0.15, 0.2) is 24.3 Å². The number of rotatable bonds is 5. The van der Waals surface area contributed by atoms with Gasteiger partial charge in [-0.2, -0.15) is 0 Å². The third kappa shape index (κ3) is 4.67. The Hall–Kier alpha value is -1.35. The molecule has 1 aliphatic carbocycles. The molecule has 1 aromatic rings. The van der Waals surface area contributed by atoms with Crippen molar-refractivity contribution >= 4 is 11.5 Å². The Bertz CT molecular complexity index is 409. The van der Waals surface area contributed by atoms with E-state index < -0.39 is 0 Å². The first kappa shape index (κ1) is 14.1. The number of hydrogen-bond donors (Lipinski definition) is 2. The van der Waals surface area contributed by atoms with E-state index in [0.29, 0.717) is 18.2 Å². The Morgan fingerprint density at radius 2 is 1.95 bits per heavy atom. The van der Waals surface area contributed by atoms with E-state index in [9.17, 15) is 4.79 Å². The fourth-order valence-corrected chi connectivity index (χ4v) is 2.73. The summed E-state index contributed by atoms with van der Waals surface area (Å²) in [5.41, 5.74) is 7.07. The van der Waals surface area contributed by atoms with Crippen LogP contribution in [0.5, 0.6) is 0 Å². The average Bonchev–Trinajstić information content (AvgIpc) is 2.67. The van der Waals surface area contributed by atoms with Crippen molar-refractivity contribution in [2.45, 2.75) is 51.0 Å². The van der Waals surface area contributed by atoms with Crippen LogP contribution in [0, 0.1) is 0 Å². The predicted molar refractivity (Wildman–Crippen MR) is 79.3 cm³/mol. The molecule has 0 atom stereocenters. The lowest BCUT2D eigenvalue weighted by Crippen LogP contribution is -2.30. The molecular weight excluding hydrogens is 236 g/mol. The molecule has 0 amide bonds. The number of carbonyl (C=O) groups excluding carboxylic acids is 1. The van der Waals surface area contributed by atoms with E-state index in [-0.39, 0.29) is 5.78 Å². The van der Waals surface area contributed by atoms with Crippen molar-refractivity contribution in [3.63, 3.8) is 0 Å². The molecule has 0 aliphatic heterocycles. The SMILES string of the molecule is Nc1cccc(C(=O)CCNC2CCCCCC2)c1. The molecule has 0 unspecified atom stereocenters. The van der Waals surface area contributed by atoms with Gasteiger partial charge in [-0.3, -0.25) is 4.79 Å². The van der Waals surface area contributed by atoms with Crippen LogP contribution in [0.2, 0.25) is 0 Å². The van der Waals surface area contributed by atoms with Gasteiger partial charge in [-0.05, 0) is 25.0 Å². The highest BCUT2D eigenvalue weighted by Gasteiger charge is 2.12. The molecule has 1 aromatic carbocycles. The zero-order valence-corrected chi connectivity index (χ0v) is 11.5. The lowest BCUT2D eigenvalue weighted by molar-refractivity contribution is 0.0981. The molecule has 3 nitrogen and oxygen atoms in total. The molecule has 104 valence electrons. The second kappa shape index (κ2) is 7.29. The van der Waals surface area contributed by atoms with Crippen LogP contribution in [-0.4, -0.2) is 18.4 Å². The van der Waals surface area contributed by atoms with Crippen molar-refractivity contribution in [2.24, 2.45) is 0 Å². The van der Waals surface area contributed by atoms with E-state index in [1.807, 2.05) is 12.1 Å². The minimum absolute atomic E-state index is 0.174. The van der Waals surface area contributed by atoms with Crippen LogP contribution in [0.4, 0.5) is 5.69 Å². The fraction of sp³-hybridized carbons (Fsp3) is 0.562. The topological polar surface area (TPSA) is 55.1 Å². The van der Waals surface area contributed by atoms with Crippen LogP contribution in [0.3, 0.4) is 0 Å². The van der Waals surface area contributed by atoms with E-state index >= 15 is 0 Å². The lowest BCUT2D eigenvalue weighted by Gasteiger charge is -2.15. The Labute approximate surface area is 115 Å². The maximum atomic E-state index is 12.0. The first-order valence-corrected chi connectivity index (χ1v) is 7.38. The molecule has 19 heavy (non-hydrogen) atoms. The summed E-state index contributed by atoms with van der Waals surface area (Å²) < 4.78 is 0. The molecule has 0 saturated heterocycles. The molecule has 2 rings (SSSR count). The van der Waals surface area contributed by atoms with Crippen molar-refractivity contribution in [3.8, 4) is 0 Å². The van der Waals surface area contributed by atoms with Crippen molar-refractivity contribution in [3.05, 3.63) is 29.8 Å². The molecule has 3 heteroatoms. The molecule has 1 saturated carbocycles. The van der Waals surface area contributed by atoms with Gasteiger partial charge in [0.2, 0.25) is 0 Å². The molecule has 3 N–H and O–H groups in total. The summed E-state index contributed by atoms with van der Waals surface area (Å²) in [6, 6.07) is 7.84. The van der Waals surface area contributed by atoms with Crippen LogP contribution < -0.4 is 11.1 Å². The molecular formula is C16H24N2O. The number of benzene rings is 1. The van der Waals surface area contributed by atoms with Gasteiger partial charge < -0.3 is 11.1 Å². The summed E-state index contributed by atoms with van der Waals surface area (Å²) >= 11 is 0. The predicted octanol–water partition coefficient (Wildman–Crippen LogP) is 3.15. The van der Waals surface area contributed by atoms with E-state index in [1.165, 1.54) is 38.5 Å². The van der Waals surface area contributed by atoms with Gasteiger partial charge in [0.05, 0.1) is 0 Å². The van der Waals surface area contributed by atoms with Gasteiger partial charge in [0, 0.05) is 30.3 Å². The van der Waals surface area contributed by atoms with Crippen molar-refractivity contribution < 1.29 is 4.79 Å². The number of carbonyl (C=O) groups is 1. The third-order valence-electron chi connectivity index (χ3n) is 3.85. The van der Waals surface area contributed by atoms with Gasteiger partial charge in [0.15, 0.2) is 5.78 Å². The first-order chi connectivity index (χ1) is 9.25. The second-order valence-electron chi connectivity index (χ2n) is 5.44. The Morgan fingerprint density at radius 3 is 2.63 bits per heavy atom. The maximum absolute atomic E-state index is 12.0. The number of nitrogens with two attached hydrogens (primary N) is 1. The minimum atomic E-state index is 0.174. The number of nitrogen functional groups attached to an aromatic ring is 1. The lowest BCUT2D eigenvalue weighted by atomic mass is 10.1. The minimum Gasteiger partial charge on any atom is -0.399 e. The molecule has 0 heterocycles. The smallest absolute Gasteiger partial charge is 0.164 e. The zero-order chi connectivity index (χ0) is 13.5. The van der Waals surface area contributed by atoms with Gasteiger partial charge in [-0.25, -0.2) is 0 Å². The van der Waals surface area contributed by atoms with Gasteiger partial charge in [0.1, 0.15) is 0 Å². The molecule has 0 aromatic heterocycles. The second-order valence-corrected chi connectivity index (χ2v) is 5.44. The van der Waals surface area contributed by atoms with E-state index in [1.54, 1.807) is 12.1 Å². The molecule has 0 bridgehead atoms. The molecule has 1 aliphatic rings. The summed E-state index contributed by atoms with van der Waals surface area (Å²) in [7, 11) is 0. The summed E-state index contributed by atoms with van der Waals surface area (Å²) in [5, 5.41) is 3.52. The molecule has 0 spiro atoms. The van der Waals surface area contributed by atoms with Crippen LogP contribution in [0.1, 0.15) is 55.3 Å². The van der Waals surface area contributed by atoms with Crippen LogP contribution >= 0.6 is 0 Å². The summed E-state index contributed by atoms with van der Waals surface area (Å²) in [6.07, 6.45) is 8.43. The quantitative estimate of drug-likeness (QED) is 0.486. The van der Waals surface area contributed by atoms with Crippen LogP contribution in [0.25, 0.3) is 0 Å². The zero-order valence-electron chi connectivity index (χ0n) is 11.5. The van der Waals surface area contributed by atoms with Gasteiger partial charge in [-0.1, -0.05) is 37.8 Å². The van der Waals surface area contributed by atoms with Crippen molar-refractivity contribution in [1.29, 1.82) is 0 Å². The number of nitrogens with one attached hydrogen (secondary N) is 1. The highest BCUT2D eigenvalue weighted by molar-refractivity contribution is 5.96. The van der Waals surface area contributed by atoms with Crippen molar-refractivity contribution in [2.75, 3.05) is 12.3 Å². The van der Waals surface area contributed by atoms with E-state index in [2.05, 4.69) is 5.32 Å². The van der Waals surface area contributed by atoms with E-state index in [4.69, 9.17) is 5.73 Å². The average molecular weight is 260 g/mol. The third-order valence-corrected chi connectivity index (χ3v) is 3.85. The standard InChI is InChI=1S/C16H24N2O/c17-14-7-5-6-13(12-14)16(19)10-11-18-15-8-3-1-2-4-9-15/h5-7,12,15,18H,1-4,8-11,17H2. The highest BCUT2D eigenvalue weighted by atomic mass is 16.1. The fourth-order valence-electron chi connectivity index (χ4n) is 2.73. The molecule has 1 fully saturated rings. The summed E-state index contributed by atoms with van der Waals surface area (Å²) in [6.45, 7) is 0.776. The highest BCUT2D eigenvalue weighted by Crippen LogP contribution is 2.17. The number of hydrogen-bond acceptors (Lipinski definition) is 3. The van der Waals surface area contributed by atoms with Crippen LogP contribution in [-0.2, 0) is 0 Å². The Kier molecular flexibility index (Phi) is 5.40. The van der Waals surface area contributed by atoms with Crippen molar-refractivity contribution in [1.82, 2.24) is 5.32 Å². The summed E-state index contributed by atoms with van der Waals surface area (Å²) in [5.74, 6) is 0.174. The van der Waals surface area contributed by atoms with Gasteiger partial charge in [0.25, 0.3) is 0 Å². The maximum Gasteiger partial charge on any atom is 0.164 e. The summed E-state index contributed by atoms with van der Waals surface area (Å²) in [4.78, 5) is 12.0. The molecule has 0 radical (unpaired) electrons.